The summed E-state index contributed by atoms with van der Waals surface area (Å²) in [5, 5.41) is 14.1. The summed E-state index contributed by atoms with van der Waals surface area (Å²) in [4.78, 5) is 16.2. The lowest BCUT2D eigenvalue weighted by Crippen LogP contribution is -2.08. The molecule has 0 bridgehead atoms. The van der Waals surface area contributed by atoms with Crippen molar-refractivity contribution in [3.8, 4) is 0 Å². The molecule has 2 aromatic carbocycles. The maximum absolute atomic E-state index is 11.9. The van der Waals surface area contributed by atoms with Gasteiger partial charge in [-0.15, -0.1) is 5.10 Å². The molecule has 26 heavy (non-hydrogen) atoms. The Morgan fingerprint density at radius 3 is 2.65 bits per heavy atom. The number of carbonyl (C=O) groups excluding carboxylic acids is 1. The van der Waals surface area contributed by atoms with Crippen LogP contribution in [0.4, 0.5) is 17.5 Å². The number of rotatable bonds is 6. The van der Waals surface area contributed by atoms with E-state index in [9.17, 15) is 4.79 Å². The fourth-order valence-corrected chi connectivity index (χ4v) is 2.34. The average Bonchev–Trinajstić information content (AvgIpc) is 2.68. The fraction of sp³-hybridized carbons (Fsp3) is 0.158. The molecule has 7 nitrogen and oxygen atoms in total. The molecule has 0 saturated carbocycles. The Kier molecular flexibility index (Phi) is 5.38. The number of esters is 1. The van der Waals surface area contributed by atoms with Crippen LogP contribution in [0.1, 0.15) is 21.5 Å². The number of para-hydroxylation sites is 1. The zero-order valence-electron chi connectivity index (χ0n) is 14.6. The molecule has 0 unspecified atom stereocenters. The second-order valence-electron chi connectivity index (χ2n) is 5.67. The molecular formula is C19H19N5O2. The monoisotopic (exact) mass is 349 g/mol. The van der Waals surface area contributed by atoms with E-state index in [0.717, 1.165) is 5.56 Å². The lowest BCUT2D eigenvalue weighted by Gasteiger charge is -2.10. The van der Waals surface area contributed by atoms with E-state index in [1.165, 1.54) is 18.9 Å². The van der Waals surface area contributed by atoms with Crippen LogP contribution in [0.3, 0.4) is 0 Å². The molecule has 0 radical (unpaired) electrons. The van der Waals surface area contributed by atoms with E-state index in [-0.39, 0.29) is 0 Å². The first-order chi connectivity index (χ1) is 12.7. The van der Waals surface area contributed by atoms with Gasteiger partial charge in [0.2, 0.25) is 5.95 Å². The van der Waals surface area contributed by atoms with Crippen LogP contribution in [-0.4, -0.2) is 28.3 Å². The summed E-state index contributed by atoms with van der Waals surface area (Å²) in [6, 6.07) is 15.2. The number of hydrogen-bond acceptors (Lipinski definition) is 7. The number of carbonyl (C=O) groups is 1. The SMILES string of the molecule is COC(=O)c1ccccc1Nc1cnnc(NCc2ccc(C)cc2)n1. The van der Waals surface area contributed by atoms with Crippen LogP contribution in [0.25, 0.3) is 0 Å². The Balaban J connectivity index is 1.72. The average molecular weight is 349 g/mol. The Labute approximate surface area is 151 Å². The Hall–Kier alpha value is -3.48. The second kappa shape index (κ2) is 8.06. The van der Waals surface area contributed by atoms with Crippen molar-refractivity contribution in [3.63, 3.8) is 0 Å². The molecule has 0 saturated heterocycles. The van der Waals surface area contributed by atoms with Crippen molar-refractivity contribution in [2.75, 3.05) is 17.7 Å². The quantitative estimate of drug-likeness (QED) is 0.660. The molecule has 0 spiro atoms. The highest BCUT2D eigenvalue weighted by molar-refractivity contribution is 5.96. The summed E-state index contributed by atoms with van der Waals surface area (Å²) >= 11 is 0. The van der Waals surface area contributed by atoms with Crippen LogP contribution in [0.15, 0.2) is 54.7 Å². The molecule has 2 N–H and O–H groups in total. The topological polar surface area (TPSA) is 89.0 Å². The van der Waals surface area contributed by atoms with Gasteiger partial charge < -0.3 is 15.4 Å². The molecule has 1 heterocycles. The van der Waals surface area contributed by atoms with Crippen molar-refractivity contribution < 1.29 is 9.53 Å². The standard InChI is InChI=1S/C19H19N5O2/c1-13-7-9-14(10-8-13)11-20-19-23-17(12-21-24-19)22-16-6-4-3-5-15(16)18(25)26-2/h3-10,12H,11H2,1-2H3,(H2,20,22,23,24). The normalized spacial score (nSPS) is 10.2. The molecule has 0 aliphatic rings. The van der Waals surface area contributed by atoms with Crippen LogP contribution < -0.4 is 10.6 Å². The van der Waals surface area contributed by atoms with E-state index in [2.05, 4.69) is 37.9 Å². The minimum absolute atomic E-state index is 0.395. The van der Waals surface area contributed by atoms with Crippen LogP contribution in [0, 0.1) is 6.92 Å². The fourth-order valence-electron chi connectivity index (χ4n) is 2.34. The summed E-state index contributed by atoms with van der Waals surface area (Å²) < 4.78 is 4.79. The first kappa shape index (κ1) is 17.3. The van der Waals surface area contributed by atoms with E-state index >= 15 is 0 Å². The molecule has 0 aliphatic carbocycles. The number of aryl methyl sites for hydroxylation is 1. The molecule has 0 fully saturated rings. The van der Waals surface area contributed by atoms with E-state index in [0.29, 0.717) is 29.6 Å². The molecule has 3 aromatic rings. The number of benzene rings is 2. The molecule has 3 rings (SSSR count). The lowest BCUT2D eigenvalue weighted by molar-refractivity contribution is 0.0602. The van der Waals surface area contributed by atoms with Gasteiger partial charge >= 0.3 is 5.97 Å². The minimum atomic E-state index is -0.423. The van der Waals surface area contributed by atoms with E-state index in [1.807, 2.05) is 25.1 Å². The third-order valence-electron chi connectivity index (χ3n) is 3.73. The Bertz CT molecular complexity index is 896. The number of nitrogens with one attached hydrogen (secondary N) is 2. The predicted octanol–water partition coefficient (Wildman–Crippen LogP) is 3.32. The van der Waals surface area contributed by atoms with Crippen molar-refractivity contribution in [2.24, 2.45) is 0 Å². The maximum atomic E-state index is 11.9. The van der Waals surface area contributed by atoms with Crippen molar-refractivity contribution in [3.05, 3.63) is 71.4 Å². The second-order valence-corrected chi connectivity index (χ2v) is 5.67. The first-order valence-corrected chi connectivity index (χ1v) is 8.09. The summed E-state index contributed by atoms with van der Waals surface area (Å²) in [7, 11) is 1.35. The molecule has 1 aromatic heterocycles. The zero-order valence-corrected chi connectivity index (χ0v) is 14.6. The highest BCUT2D eigenvalue weighted by Crippen LogP contribution is 2.20. The van der Waals surface area contributed by atoms with Crippen molar-refractivity contribution in [1.82, 2.24) is 15.2 Å². The molecule has 0 atom stereocenters. The molecule has 0 amide bonds. The number of methoxy groups -OCH3 is 1. The van der Waals surface area contributed by atoms with Gasteiger partial charge in [0.15, 0.2) is 5.82 Å². The molecule has 7 heteroatoms. The Morgan fingerprint density at radius 2 is 1.88 bits per heavy atom. The van der Waals surface area contributed by atoms with Crippen molar-refractivity contribution in [1.29, 1.82) is 0 Å². The Morgan fingerprint density at radius 1 is 1.12 bits per heavy atom. The summed E-state index contributed by atoms with van der Waals surface area (Å²) in [6.07, 6.45) is 1.49. The highest BCUT2D eigenvalue weighted by atomic mass is 16.5. The highest BCUT2D eigenvalue weighted by Gasteiger charge is 2.12. The van der Waals surface area contributed by atoms with Gasteiger partial charge in [0.1, 0.15) is 0 Å². The smallest absolute Gasteiger partial charge is 0.339 e. The number of hydrogen-bond donors (Lipinski definition) is 2. The van der Waals surface area contributed by atoms with E-state index in [4.69, 9.17) is 4.74 Å². The maximum Gasteiger partial charge on any atom is 0.339 e. The van der Waals surface area contributed by atoms with Crippen molar-refractivity contribution in [2.45, 2.75) is 13.5 Å². The van der Waals surface area contributed by atoms with E-state index in [1.54, 1.807) is 18.2 Å². The summed E-state index contributed by atoms with van der Waals surface area (Å²) in [5.41, 5.74) is 3.34. The molecule has 132 valence electrons. The van der Waals surface area contributed by atoms with Crippen LogP contribution in [-0.2, 0) is 11.3 Å². The van der Waals surface area contributed by atoms with Crippen molar-refractivity contribution >= 4 is 23.4 Å². The zero-order chi connectivity index (χ0) is 18.4. The van der Waals surface area contributed by atoms with Gasteiger partial charge in [0.05, 0.1) is 24.6 Å². The largest absolute Gasteiger partial charge is 0.465 e. The minimum Gasteiger partial charge on any atom is -0.465 e. The van der Waals surface area contributed by atoms with Gasteiger partial charge in [-0.05, 0) is 24.6 Å². The third-order valence-corrected chi connectivity index (χ3v) is 3.73. The number of ether oxygens (including phenoxy) is 1. The third kappa shape index (κ3) is 4.32. The summed E-state index contributed by atoms with van der Waals surface area (Å²) in [5.74, 6) is 0.446. The van der Waals surface area contributed by atoms with Gasteiger partial charge in [-0.1, -0.05) is 42.0 Å². The molecular weight excluding hydrogens is 330 g/mol. The lowest BCUT2D eigenvalue weighted by atomic mass is 10.1. The van der Waals surface area contributed by atoms with Crippen LogP contribution >= 0.6 is 0 Å². The number of anilines is 3. The van der Waals surface area contributed by atoms with Gasteiger partial charge in [-0.25, -0.2) is 4.79 Å². The summed E-state index contributed by atoms with van der Waals surface area (Å²) in [6.45, 7) is 2.63. The predicted molar refractivity (Wildman–Crippen MR) is 99.4 cm³/mol. The van der Waals surface area contributed by atoms with Gasteiger partial charge in [-0.3, -0.25) is 0 Å². The van der Waals surface area contributed by atoms with Crippen LogP contribution in [0.5, 0.6) is 0 Å². The van der Waals surface area contributed by atoms with Gasteiger partial charge in [0, 0.05) is 6.54 Å². The van der Waals surface area contributed by atoms with Crippen LogP contribution in [0.2, 0.25) is 0 Å². The van der Waals surface area contributed by atoms with Gasteiger partial charge in [-0.2, -0.15) is 10.1 Å². The van der Waals surface area contributed by atoms with E-state index < -0.39 is 5.97 Å². The first-order valence-electron chi connectivity index (χ1n) is 8.09. The number of aromatic nitrogens is 3. The van der Waals surface area contributed by atoms with Gasteiger partial charge in [0.25, 0.3) is 0 Å². The number of nitrogens with zero attached hydrogens (tertiary/aromatic N) is 3. The molecule has 0 aliphatic heterocycles.